The second kappa shape index (κ2) is 6.72. The molecule has 0 saturated heterocycles. The van der Waals surface area contributed by atoms with Crippen LogP contribution in [0.25, 0.3) is 0 Å². The second-order valence-electron chi connectivity index (χ2n) is 11.6. The van der Waals surface area contributed by atoms with Gasteiger partial charge in [0.1, 0.15) is 0 Å². The van der Waals surface area contributed by atoms with Crippen LogP contribution in [-0.2, 0) is 9.16 Å². The van der Waals surface area contributed by atoms with Crippen molar-refractivity contribution in [2.24, 2.45) is 11.3 Å². The monoisotopic (exact) mass is 382 g/mol. The first-order valence-electron chi connectivity index (χ1n) is 10.2. The fourth-order valence-corrected chi connectivity index (χ4v) is 6.11. The highest BCUT2D eigenvalue weighted by Gasteiger charge is 2.61. The quantitative estimate of drug-likeness (QED) is 0.490. The topological polar surface area (TPSA) is 38.7 Å². The Morgan fingerprint density at radius 1 is 1.19 bits per heavy atom. The van der Waals surface area contributed by atoms with Gasteiger partial charge in [-0.25, -0.2) is 0 Å². The number of ether oxygens (including phenoxy) is 1. The molecule has 0 aromatic carbocycles. The molecule has 3 rings (SSSR count). The summed E-state index contributed by atoms with van der Waals surface area (Å²) in [5.41, 5.74) is -0.955. The molecule has 3 aliphatic rings. The first-order valence-corrected chi connectivity index (χ1v) is 13.1. The first kappa shape index (κ1) is 22.1. The van der Waals surface area contributed by atoms with Gasteiger partial charge in [-0.2, -0.15) is 0 Å². The summed E-state index contributed by atoms with van der Waals surface area (Å²) in [5, 5.41) is 11.7. The van der Waals surface area contributed by atoms with Crippen molar-refractivity contribution in [3.05, 3.63) is 12.7 Å². The smallest absolute Gasteiger partial charge is 0.192 e. The van der Waals surface area contributed by atoms with Gasteiger partial charge in [0, 0.05) is 5.92 Å². The van der Waals surface area contributed by atoms with Gasteiger partial charge in [-0.15, -0.1) is 6.58 Å². The van der Waals surface area contributed by atoms with Crippen molar-refractivity contribution in [3.8, 4) is 0 Å². The third-order valence-corrected chi connectivity index (χ3v) is 11.5. The highest BCUT2D eigenvalue weighted by Crippen LogP contribution is 2.59. The molecule has 0 unspecified atom stereocenters. The van der Waals surface area contributed by atoms with Gasteiger partial charge in [-0.3, -0.25) is 0 Å². The molecule has 0 spiro atoms. The molecule has 3 aliphatic carbocycles. The van der Waals surface area contributed by atoms with Crippen molar-refractivity contribution in [1.29, 1.82) is 0 Å². The van der Waals surface area contributed by atoms with Crippen LogP contribution in [0.4, 0.5) is 0 Å². The van der Waals surface area contributed by atoms with E-state index in [0.717, 1.165) is 19.3 Å². The van der Waals surface area contributed by atoms with Crippen molar-refractivity contribution in [3.63, 3.8) is 0 Å². The van der Waals surface area contributed by atoms with Gasteiger partial charge in [-0.05, 0) is 70.0 Å². The molecule has 26 heavy (non-hydrogen) atoms. The Balaban J connectivity index is 2.33. The summed E-state index contributed by atoms with van der Waals surface area (Å²) >= 11 is 0. The minimum Gasteiger partial charge on any atom is -0.414 e. The summed E-state index contributed by atoms with van der Waals surface area (Å²) in [6.07, 6.45) is 5.41. The van der Waals surface area contributed by atoms with Crippen LogP contribution in [0.2, 0.25) is 18.1 Å². The Hall–Kier alpha value is -0.163. The van der Waals surface area contributed by atoms with Crippen molar-refractivity contribution in [1.82, 2.24) is 0 Å². The van der Waals surface area contributed by atoms with Crippen LogP contribution >= 0.6 is 0 Å². The largest absolute Gasteiger partial charge is 0.414 e. The van der Waals surface area contributed by atoms with Crippen molar-refractivity contribution in [2.75, 3.05) is 0 Å². The number of rotatable bonds is 5. The fraction of sp³-hybridized carbons (Fsp3) is 0.909. The molecule has 0 aromatic heterocycles. The molecule has 3 fully saturated rings. The van der Waals surface area contributed by atoms with Gasteiger partial charge in [0.2, 0.25) is 0 Å². The van der Waals surface area contributed by atoms with Crippen LogP contribution in [-0.4, -0.2) is 36.8 Å². The lowest BCUT2D eigenvalue weighted by Gasteiger charge is -2.62. The lowest BCUT2D eigenvalue weighted by molar-refractivity contribution is -0.246. The average Bonchev–Trinajstić information content (AvgIpc) is 2.37. The molecule has 2 bridgehead atoms. The highest BCUT2D eigenvalue weighted by atomic mass is 28.4. The molecular formula is C22H42O3Si. The maximum atomic E-state index is 11.5. The molecule has 0 aromatic rings. The lowest BCUT2D eigenvalue weighted by Crippen LogP contribution is -2.66. The average molecular weight is 383 g/mol. The molecule has 4 heteroatoms. The van der Waals surface area contributed by atoms with Crippen LogP contribution in [0.15, 0.2) is 12.7 Å². The van der Waals surface area contributed by atoms with E-state index in [-0.39, 0.29) is 34.2 Å². The standard InChI is InChI=1S/C22H42O3Si/c1-11-12-22(23)15-21(8)14-17(25-26(9,10)20(5,6)7)16(22)13-18(21)24-19(2,3)4/h11,16-18,23H,1,12-15H2,2-10H3/t16-,17+,18+,21+,22-/m1/s1. The number of aliphatic hydroxyl groups is 1. The van der Waals surface area contributed by atoms with E-state index in [1.165, 1.54) is 0 Å². The van der Waals surface area contributed by atoms with E-state index in [1.807, 2.05) is 6.08 Å². The van der Waals surface area contributed by atoms with E-state index in [4.69, 9.17) is 9.16 Å². The van der Waals surface area contributed by atoms with Crippen LogP contribution in [0.1, 0.15) is 74.1 Å². The Kier molecular flexibility index (Phi) is 5.72. The molecule has 3 saturated carbocycles. The Morgan fingerprint density at radius 3 is 2.19 bits per heavy atom. The Bertz CT molecular complexity index is 530. The van der Waals surface area contributed by atoms with Crippen molar-refractivity contribution in [2.45, 2.75) is 116 Å². The van der Waals surface area contributed by atoms with E-state index >= 15 is 0 Å². The van der Waals surface area contributed by atoms with Crippen LogP contribution in [0.3, 0.4) is 0 Å². The summed E-state index contributed by atoms with van der Waals surface area (Å²) in [6.45, 7) is 24.0. The van der Waals surface area contributed by atoms with Gasteiger partial charge in [-0.1, -0.05) is 33.8 Å². The van der Waals surface area contributed by atoms with Gasteiger partial charge in [0.15, 0.2) is 8.32 Å². The maximum absolute atomic E-state index is 11.5. The summed E-state index contributed by atoms with van der Waals surface area (Å²) in [7, 11) is -1.89. The van der Waals surface area contributed by atoms with E-state index in [9.17, 15) is 5.11 Å². The van der Waals surface area contributed by atoms with Gasteiger partial charge in [0.05, 0.1) is 23.4 Å². The molecule has 3 nitrogen and oxygen atoms in total. The van der Waals surface area contributed by atoms with Crippen LogP contribution in [0.5, 0.6) is 0 Å². The zero-order valence-electron chi connectivity index (χ0n) is 18.6. The normalized spacial score (nSPS) is 38.5. The Labute approximate surface area is 162 Å². The van der Waals surface area contributed by atoms with Crippen LogP contribution < -0.4 is 0 Å². The molecule has 1 N–H and O–H groups in total. The molecular weight excluding hydrogens is 340 g/mol. The van der Waals surface area contributed by atoms with E-state index in [0.29, 0.717) is 6.42 Å². The second-order valence-corrected chi connectivity index (χ2v) is 16.4. The first-order chi connectivity index (χ1) is 11.5. The van der Waals surface area contributed by atoms with E-state index < -0.39 is 13.9 Å². The predicted molar refractivity (Wildman–Crippen MR) is 112 cm³/mol. The highest BCUT2D eigenvalue weighted by molar-refractivity contribution is 6.74. The molecule has 0 radical (unpaired) electrons. The summed E-state index contributed by atoms with van der Waals surface area (Å²) in [4.78, 5) is 0. The van der Waals surface area contributed by atoms with Gasteiger partial charge >= 0.3 is 0 Å². The summed E-state index contributed by atoms with van der Waals surface area (Å²) in [5.74, 6) is 0.115. The number of hydrogen-bond acceptors (Lipinski definition) is 3. The molecule has 0 amide bonds. The third kappa shape index (κ3) is 4.29. The Morgan fingerprint density at radius 2 is 1.77 bits per heavy atom. The maximum Gasteiger partial charge on any atom is 0.192 e. The molecule has 0 aliphatic heterocycles. The SMILES string of the molecule is C=CC[C@@]1(O)C[C@]2(C)C[C@H](O[Si](C)(C)C(C)(C)C)[C@H]1C[C@@H]2OC(C)(C)C. The van der Waals surface area contributed by atoms with Crippen LogP contribution in [0, 0.1) is 11.3 Å². The zero-order chi connectivity index (χ0) is 20.2. The van der Waals surface area contributed by atoms with E-state index in [2.05, 4.69) is 68.1 Å². The molecule has 0 heterocycles. The minimum absolute atomic E-state index is 0.0627. The van der Waals surface area contributed by atoms with Gasteiger partial charge < -0.3 is 14.3 Å². The zero-order valence-corrected chi connectivity index (χ0v) is 19.6. The predicted octanol–water partition coefficient (Wildman–Crippen LogP) is 5.69. The van der Waals surface area contributed by atoms with Crippen molar-refractivity contribution < 1.29 is 14.3 Å². The third-order valence-electron chi connectivity index (χ3n) is 7.01. The van der Waals surface area contributed by atoms with E-state index in [1.54, 1.807) is 0 Å². The number of fused-ring (bicyclic) bond motifs is 3. The lowest BCUT2D eigenvalue weighted by atomic mass is 9.51. The fourth-order valence-electron chi connectivity index (χ4n) is 4.75. The molecule has 5 atom stereocenters. The van der Waals surface area contributed by atoms with Gasteiger partial charge in [0.25, 0.3) is 0 Å². The minimum atomic E-state index is -1.89. The molecule has 152 valence electrons. The number of hydrogen-bond donors (Lipinski definition) is 1. The van der Waals surface area contributed by atoms with Crippen molar-refractivity contribution >= 4 is 8.32 Å². The summed E-state index contributed by atoms with van der Waals surface area (Å²) in [6, 6.07) is 0. The summed E-state index contributed by atoms with van der Waals surface area (Å²) < 4.78 is 13.3.